The number of aliphatic hydroxyl groups is 1. The highest BCUT2D eigenvalue weighted by molar-refractivity contribution is 7.89. The lowest BCUT2D eigenvalue weighted by Crippen LogP contribution is -2.32. The van der Waals surface area contributed by atoms with Gasteiger partial charge in [0.15, 0.2) is 0 Å². The Bertz CT molecular complexity index is 614. The van der Waals surface area contributed by atoms with Gasteiger partial charge in [-0.25, -0.2) is 13.1 Å². The Morgan fingerprint density at radius 2 is 2.15 bits per heavy atom. The Morgan fingerprint density at radius 3 is 2.70 bits per heavy atom. The van der Waals surface area contributed by atoms with Crippen LogP contribution < -0.4 is 9.46 Å². The number of methoxy groups -OCH3 is 1. The van der Waals surface area contributed by atoms with Gasteiger partial charge in [0.05, 0.1) is 17.6 Å². The fraction of sp³-hybridized carbons (Fsp3) is 0.429. The first kappa shape index (κ1) is 16.5. The molecule has 20 heavy (non-hydrogen) atoms. The summed E-state index contributed by atoms with van der Waals surface area (Å²) in [5.74, 6) is 5.62. The van der Waals surface area contributed by atoms with Crippen LogP contribution in [0.5, 0.6) is 5.75 Å². The number of sulfonamides is 1. The van der Waals surface area contributed by atoms with Crippen molar-refractivity contribution in [2.75, 3.05) is 13.7 Å². The van der Waals surface area contributed by atoms with E-state index in [9.17, 15) is 8.42 Å². The summed E-state index contributed by atoms with van der Waals surface area (Å²) in [6.45, 7) is 3.40. The molecule has 0 amide bonds. The Kier molecular flexibility index (Phi) is 6.02. The van der Waals surface area contributed by atoms with Gasteiger partial charge < -0.3 is 9.84 Å². The lowest BCUT2D eigenvalue weighted by atomic mass is 10.2. The second kappa shape index (κ2) is 7.29. The van der Waals surface area contributed by atoms with E-state index in [1.54, 1.807) is 13.0 Å². The molecule has 1 unspecified atom stereocenters. The van der Waals surface area contributed by atoms with Gasteiger partial charge in [-0.05, 0) is 31.5 Å². The van der Waals surface area contributed by atoms with Crippen molar-refractivity contribution in [1.82, 2.24) is 4.72 Å². The number of aliphatic hydroxyl groups excluding tert-OH is 1. The molecule has 5 nitrogen and oxygen atoms in total. The maximum atomic E-state index is 12.2. The number of nitrogens with one attached hydrogen (secondary N) is 1. The summed E-state index contributed by atoms with van der Waals surface area (Å²) in [4.78, 5) is 0.126. The average Bonchev–Trinajstić information content (AvgIpc) is 2.44. The third-order valence-electron chi connectivity index (χ3n) is 2.75. The molecule has 6 heteroatoms. The summed E-state index contributed by atoms with van der Waals surface area (Å²) in [5.41, 5.74) is 0.425. The van der Waals surface area contributed by atoms with Crippen molar-refractivity contribution in [2.45, 2.75) is 31.2 Å². The molecule has 1 atom stereocenters. The minimum absolute atomic E-state index is 0.126. The van der Waals surface area contributed by atoms with E-state index >= 15 is 0 Å². The molecule has 0 fully saturated rings. The smallest absolute Gasteiger partial charge is 0.240 e. The Hall–Kier alpha value is -1.55. The molecular weight excluding hydrogens is 278 g/mol. The van der Waals surface area contributed by atoms with Crippen LogP contribution in [0.3, 0.4) is 0 Å². The number of hydrogen-bond acceptors (Lipinski definition) is 4. The van der Waals surface area contributed by atoms with Gasteiger partial charge in [0.25, 0.3) is 0 Å². The summed E-state index contributed by atoms with van der Waals surface area (Å²) >= 11 is 0. The second-order valence-electron chi connectivity index (χ2n) is 4.25. The molecule has 1 rings (SSSR count). The summed E-state index contributed by atoms with van der Waals surface area (Å²) in [6.07, 6.45) is 0.701. The first-order valence-electron chi connectivity index (χ1n) is 6.24. The second-order valence-corrected chi connectivity index (χ2v) is 5.97. The number of benzene rings is 1. The first-order chi connectivity index (χ1) is 9.44. The van der Waals surface area contributed by atoms with Crippen molar-refractivity contribution in [3.05, 3.63) is 23.8 Å². The molecule has 0 saturated carbocycles. The molecule has 1 aromatic rings. The summed E-state index contributed by atoms with van der Waals surface area (Å²) in [6, 6.07) is 4.31. The first-order valence-corrected chi connectivity index (χ1v) is 7.73. The van der Waals surface area contributed by atoms with E-state index in [1.807, 2.05) is 6.92 Å². The van der Waals surface area contributed by atoms with Gasteiger partial charge in [-0.15, -0.1) is 0 Å². The lowest BCUT2D eigenvalue weighted by molar-refractivity contribution is 0.350. The average molecular weight is 297 g/mol. The van der Waals surface area contributed by atoms with Crippen LogP contribution in [0.1, 0.15) is 25.8 Å². The highest BCUT2D eigenvalue weighted by Crippen LogP contribution is 2.21. The van der Waals surface area contributed by atoms with Crippen molar-refractivity contribution in [2.24, 2.45) is 0 Å². The highest BCUT2D eigenvalue weighted by Gasteiger charge is 2.17. The fourth-order valence-electron chi connectivity index (χ4n) is 1.50. The third kappa shape index (κ3) is 4.23. The van der Waals surface area contributed by atoms with Crippen LogP contribution in [0, 0.1) is 11.8 Å². The molecule has 0 heterocycles. The zero-order chi connectivity index (χ0) is 15.2. The Balaban J connectivity index is 3.20. The van der Waals surface area contributed by atoms with E-state index < -0.39 is 10.0 Å². The fourth-order valence-corrected chi connectivity index (χ4v) is 2.86. The third-order valence-corrected chi connectivity index (χ3v) is 4.34. The van der Waals surface area contributed by atoms with Crippen LogP contribution in [0.25, 0.3) is 0 Å². The molecule has 0 aliphatic heterocycles. The van der Waals surface area contributed by atoms with E-state index in [-0.39, 0.29) is 17.5 Å². The van der Waals surface area contributed by atoms with Crippen molar-refractivity contribution in [1.29, 1.82) is 0 Å². The van der Waals surface area contributed by atoms with Gasteiger partial charge in [0, 0.05) is 6.04 Å². The van der Waals surface area contributed by atoms with E-state index in [4.69, 9.17) is 9.84 Å². The van der Waals surface area contributed by atoms with Crippen molar-refractivity contribution >= 4 is 10.0 Å². The standard InChI is InChI=1S/C14H19NO4S/c1-4-11(2)15-20(17,18)13-7-8-14(19-3)12(10-13)6-5-9-16/h7-8,10-11,15-16H,4,9H2,1-3H3. The maximum absolute atomic E-state index is 12.2. The van der Waals surface area contributed by atoms with E-state index in [2.05, 4.69) is 16.6 Å². The highest BCUT2D eigenvalue weighted by atomic mass is 32.2. The van der Waals surface area contributed by atoms with E-state index in [0.29, 0.717) is 17.7 Å². The van der Waals surface area contributed by atoms with E-state index in [1.165, 1.54) is 19.2 Å². The summed E-state index contributed by atoms with van der Waals surface area (Å²) in [5, 5.41) is 8.73. The van der Waals surface area contributed by atoms with Crippen molar-refractivity contribution < 1.29 is 18.3 Å². The van der Waals surface area contributed by atoms with Gasteiger partial charge in [0.2, 0.25) is 10.0 Å². The predicted octanol–water partition coefficient (Wildman–Crippen LogP) is 1.12. The van der Waals surface area contributed by atoms with Crippen LogP contribution in [0.15, 0.2) is 23.1 Å². The van der Waals surface area contributed by atoms with Crippen LogP contribution in [0.2, 0.25) is 0 Å². The summed E-state index contributed by atoms with van der Waals surface area (Å²) in [7, 11) is -2.10. The van der Waals surface area contributed by atoms with Gasteiger partial charge in [-0.3, -0.25) is 0 Å². The largest absolute Gasteiger partial charge is 0.495 e. The molecule has 0 aromatic heterocycles. The van der Waals surface area contributed by atoms with E-state index in [0.717, 1.165) is 0 Å². The molecule has 0 saturated heterocycles. The van der Waals surface area contributed by atoms with Crippen LogP contribution in [-0.2, 0) is 10.0 Å². The van der Waals surface area contributed by atoms with Gasteiger partial charge >= 0.3 is 0 Å². The molecule has 2 N–H and O–H groups in total. The number of rotatable bonds is 5. The monoisotopic (exact) mass is 297 g/mol. The van der Waals surface area contributed by atoms with Crippen molar-refractivity contribution in [3.63, 3.8) is 0 Å². The zero-order valence-corrected chi connectivity index (χ0v) is 12.6. The number of hydrogen-bond donors (Lipinski definition) is 2. The topological polar surface area (TPSA) is 75.6 Å². The molecule has 1 aromatic carbocycles. The minimum Gasteiger partial charge on any atom is -0.495 e. The Morgan fingerprint density at radius 1 is 1.45 bits per heavy atom. The lowest BCUT2D eigenvalue weighted by Gasteiger charge is -2.13. The molecule has 0 aliphatic rings. The SMILES string of the molecule is CCC(C)NS(=O)(=O)c1ccc(OC)c(C#CCO)c1. The zero-order valence-electron chi connectivity index (χ0n) is 11.8. The van der Waals surface area contributed by atoms with Crippen LogP contribution in [0.4, 0.5) is 0 Å². The van der Waals surface area contributed by atoms with Gasteiger partial charge in [-0.1, -0.05) is 18.8 Å². The van der Waals surface area contributed by atoms with Gasteiger partial charge in [0.1, 0.15) is 12.4 Å². The molecule has 0 bridgehead atoms. The minimum atomic E-state index is -3.58. The summed E-state index contributed by atoms with van der Waals surface area (Å²) < 4.78 is 32.0. The molecule has 0 radical (unpaired) electrons. The van der Waals surface area contributed by atoms with Gasteiger partial charge in [-0.2, -0.15) is 0 Å². The molecular formula is C14H19NO4S. The molecule has 0 spiro atoms. The Labute approximate surface area is 120 Å². The van der Waals surface area contributed by atoms with Crippen LogP contribution in [-0.4, -0.2) is 33.3 Å². The normalized spacial score (nSPS) is 12.4. The van der Waals surface area contributed by atoms with Crippen molar-refractivity contribution in [3.8, 4) is 17.6 Å². The maximum Gasteiger partial charge on any atom is 0.240 e. The predicted molar refractivity (Wildman–Crippen MR) is 77.0 cm³/mol. The molecule has 0 aliphatic carbocycles. The number of ether oxygens (including phenoxy) is 1. The van der Waals surface area contributed by atoms with Crippen LogP contribution >= 0.6 is 0 Å². The quantitative estimate of drug-likeness (QED) is 0.799. The molecule has 110 valence electrons.